The third-order valence-corrected chi connectivity index (χ3v) is 3.69. The number of benzene rings is 2. The Hall–Kier alpha value is -2.45. The van der Waals surface area contributed by atoms with Crippen molar-refractivity contribution in [3.8, 4) is 5.75 Å². The van der Waals surface area contributed by atoms with Crippen LogP contribution in [-0.4, -0.2) is 25.3 Å². The van der Waals surface area contributed by atoms with Crippen molar-refractivity contribution < 1.29 is 17.7 Å². The molecule has 146 valence electrons. The molecule has 0 amide bonds. The van der Waals surface area contributed by atoms with E-state index in [4.69, 9.17) is 26.5 Å². The van der Waals surface area contributed by atoms with Crippen molar-refractivity contribution in [1.82, 2.24) is 0 Å². The first kappa shape index (κ1) is 23.5. The monoisotopic (exact) mass is 383 g/mol. The Morgan fingerprint density at radius 3 is 2.12 bits per heavy atom. The van der Waals surface area contributed by atoms with Gasteiger partial charge in [-0.25, -0.2) is 0 Å². The van der Waals surface area contributed by atoms with Crippen molar-refractivity contribution in [1.29, 1.82) is 0 Å². The van der Waals surface area contributed by atoms with Crippen molar-refractivity contribution >= 4 is 27.2 Å². The zero-order chi connectivity index (χ0) is 20.2. The van der Waals surface area contributed by atoms with E-state index in [0.717, 1.165) is 5.69 Å². The molecule has 0 aliphatic heterocycles. The summed E-state index contributed by atoms with van der Waals surface area (Å²) in [6.45, 7) is 6.17. The molecule has 0 spiro atoms. The van der Waals surface area contributed by atoms with Crippen LogP contribution in [0.4, 0.5) is 17.1 Å². The van der Waals surface area contributed by atoms with E-state index >= 15 is 0 Å². The van der Waals surface area contributed by atoms with Gasteiger partial charge < -0.3 is 21.9 Å². The first-order valence-corrected chi connectivity index (χ1v) is 9.83. The Labute approximate surface area is 155 Å². The van der Waals surface area contributed by atoms with Crippen molar-refractivity contribution in [3.63, 3.8) is 0 Å². The number of nitrogen functional groups attached to an aromatic ring is 3. The maximum atomic E-state index is 10.4. The maximum Gasteiger partial charge on any atom is 0.264 e. The molecule has 0 heterocycles. The van der Waals surface area contributed by atoms with Gasteiger partial charge in [0.15, 0.2) is 0 Å². The number of anilines is 3. The lowest BCUT2D eigenvalue weighted by Crippen LogP contribution is -2.09. The molecular formula is C18H29N3O4S. The van der Waals surface area contributed by atoms with Gasteiger partial charge in [0, 0.05) is 17.4 Å². The van der Waals surface area contributed by atoms with E-state index in [9.17, 15) is 8.42 Å². The smallest absolute Gasteiger partial charge is 0.264 e. The van der Waals surface area contributed by atoms with Crippen LogP contribution in [-0.2, 0) is 10.1 Å². The van der Waals surface area contributed by atoms with Gasteiger partial charge in [0.25, 0.3) is 10.1 Å². The highest BCUT2D eigenvalue weighted by Gasteiger charge is 2.05. The van der Waals surface area contributed by atoms with Crippen LogP contribution in [0.2, 0.25) is 0 Å². The molecule has 0 saturated heterocycles. The lowest BCUT2D eigenvalue weighted by molar-refractivity contribution is 0.318. The van der Waals surface area contributed by atoms with Crippen LogP contribution in [0.15, 0.2) is 42.5 Å². The molecule has 0 bridgehead atoms. The average Bonchev–Trinajstić information content (AvgIpc) is 2.56. The third-order valence-electron chi connectivity index (χ3n) is 2.88. The second-order valence-corrected chi connectivity index (χ2v) is 6.77. The molecule has 0 saturated carbocycles. The van der Waals surface area contributed by atoms with E-state index < -0.39 is 10.1 Å². The summed E-state index contributed by atoms with van der Waals surface area (Å²) < 4.78 is 34.6. The second kappa shape index (κ2) is 12.0. The fraction of sp³-hybridized carbons (Fsp3) is 0.333. The van der Waals surface area contributed by atoms with Crippen LogP contribution in [0, 0.1) is 6.92 Å². The fourth-order valence-electron chi connectivity index (χ4n) is 1.77. The normalized spacial score (nSPS) is 10.0. The molecule has 0 unspecified atom stereocenters. The van der Waals surface area contributed by atoms with E-state index in [1.165, 1.54) is 5.56 Å². The van der Waals surface area contributed by atoms with Gasteiger partial charge in [0.2, 0.25) is 0 Å². The molecule has 26 heavy (non-hydrogen) atoms. The summed E-state index contributed by atoms with van der Waals surface area (Å²) in [5.74, 6) is 0.0743. The molecule has 2 aromatic rings. The molecule has 2 aromatic carbocycles. The quantitative estimate of drug-likeness (QED) is 0.353. The predicted molar refractivity (Wildman–Crippen MR) is 109 cm³/mol. The molecule has 0 aliphatic carbocycles. The third kappa shape index (κ3) is 11.2. The largest absolute Gasteiger partial charge is 0.491 e. The average molecular weight is 384 g/mol. The standard InChI is InChI=1S/C9H14N2O4S.C7H9N.C2H6/c10-7-2-3-8(11)9(6-7)15-4-1-5-16(12,13)14;1-6-3-2-4-7(8)5-6;1-2/h2-3,6H,1,4-5,10-11H2,(H,12,13,14);2-5H,8H2,1H3;1-2H3. The summed E-state index contributed by atoms with van der Waals surface area (Å²) in [6, 6.07) is 12.6. The number of aryl methyl sites for hydroxylation is 1. The molecule has 0 radical (unpaired) electrons. The Morgan fingerprint density at radius 1 is 1.00 bits per heavy atom. The summed E-state index contributed by atoms with van der Waals surface area (Å²) in [5.41, 5.74) is 19.6. The van der Waals surface area contributed by atoms with Gasteiger partial charge in [0.1, 0.15) is 5.75 Å². The zero-order valence-electron chi connectivity index (χ0n) is 15.5. The lowest BCUT2D eigenvalue weighted by atomic mass is 10.2. The molecule has 0 aliphatic rings. The van der Waals surface area contributed by atoms with Crippen LogP contribution in [0.1, 0.15) is 25.8 Å². The van der Waals surface area contributed by atoms with Crippen LogP contribution >= 0.6 is 0 Å². The topological polar surface area (TPSA) is 142 Å². The Balaban J connectivity index is 0.000000522. The number of hydrogen-bond acceptors (Lipinski definition) is 6. The molecular weight excluding hydrogens is 354 g/mol. The van der Waals surface area contributed by atoms with Crippen LogP contribution in [0.5, 0.6) is 5.75 Å². The highest BCUT2D eigenvalue weighted by Crippen LogP contribution is 2.23. The summed E-state index contributed by atoms with van der Waals surface area (Å²) in [6.07, 6.45) is 0.188. The minimum atomic E-state index is -3.93. The van der Waals surface area contributed by atoms with E-state index in [1.807, 2.05) is 45.0 Å². The van der Waals surface area contributed by atoms with Crippen LogP contribution in [0.25, 0.3) is 0 Å². The van der Waals surface area contributed by atoms with Gasteiger partial charge in [-0.2, -0.15) is 8.42 Å². The molecule has 8 heteroatoms. The first-order chi connectivity index (χ1) is 12.2. The number of rotatable bonds is 5. The minimum absolute atomic E-state index is 0.146. The van der Waals surface area contributed by atoms with Crippen molar-refractivity contribution in [3.05, 3.63) is 48.0 Å². The molecule has 0 aromatic heterocycles. The van der Waals surface area contributed by atoms with E-state index in [1.54, 1.807) is 18.2 Å². The second-order valence-electron chi connectivity index (χ2n) is 5.20. The summed E-state index contributed by atoms with van der Waals surface area (Å²) in [4.78, 5) is 0. The van der Waals surface area contributed by atoms with Gasteiger partial charge in [-0.3, -0.25) is 4.55 Å². The molecule has 2 rings (SSSR count). The van der Waals surface area contributed by atoms with E-state index in [2.05, 4.69) is 0 Å². The van der Waals surface area contributed by atoms with Gasteiger partial charge in [-0.15, -0.1) is 0 Å². The zero-order valence-corrected chi connectivity index (χ0v) is 16.3. The molecule has 0 atom stereocenters. The summed E-state index contributed by atoms with van der Waals surface area (Å²) >= 11 is 0. The van der Waals surface area contributed by atoms with Gasteiger partial charge >= 0.3 is 0 Å². The number of ether oxygens (including phenoxy) is 1. The summed E-state index contributed by atoms with van der Waals surface area (Å²) in [7, 11) is -3.93. The summed E-state index contributed by atoms with van der Waals surface area (Å²) in [5, 5.41) is 0. The Bertz CT molecular complexity index is 748. The Morgan fingerprint density at radius 2 is 1.62 bits per heavy atom. The first-order valence-electron chi connectivity index (χ1n) is 8.22. The van der Waals surface area contributed by atoms with E-state index in [0.29, 0.717) is 17.1 Å². The molecule has 7 nitrogen and oxygen atoms in total. The van der Waals surface area contributed by atoms with Gasteiger partial charge in [-0.05, 0) is 43.2 Å². The van der Waals surface area contributed by atoms with E-state index in [-0.39, 0.29) is 18.8 Å². The molecule has 7 N–H and O–H groups in total. The lowest BCUT2D eigenvalue weighted by Gasteiger charge is -2.08. The number of nitrogens with two attached hydrogens (primary N) is 3. The van der Waals surface area contributed by atoms with Gasteiger partial charge in [0.05, 0.1) is 18.0 Å². The SMILES string of the molecule is CC.Cc1cccc(N)c1.Nc1ccc(N)c(OCCCS(=O)(=O)O)c1. The number of hydrogen-bond donors (Lipinski definition) is 4. The van der Waals surface area contributed by atoms with Crippen LogP contribution < -0.4 is 21.9 Å². The predicted octanol–water partition coefficient (Wildman–Crippen LogP) is 3.11. The highest BCUT2D eigenvalue weighted by atomic mass is 32.2. The van der Waals surface area contributed by atoms with Crippen molar-refractivity contribution in [2.24, 2.45) is 0 Å². The minimum Gasteiger partial charge on any atom is -0.491 e. The fourth-order valence-corrected chi connectivity index (χ4v) is 2.25. The van der Waals surface area contributed by atoms with Crippen molar-refractivity contribution in [2.75, 3.05) is 29.6 Å². The highest BCUT2D eigenvalue weighted by molar-refractivity contribution is 7.85. The van der Waals surface area contributed by atoms with Crippen LogP contribution in [0.3, 0.4) is 0 Å². The Kier molecular flexibility index (Phi) is 10.9. The maximum absolute atomic E-state index is 10.4. The van der Waals surface area contributed by atoms with Crippen molar-refractivity contribution in [2.45, 2.75) is 27.2 Å². The molecule has 0 fully saturated rings. The van der Waals surface area contributed by atoms with Gasteiger partial charge in [-0.1, -0.05) is 26.0 Å².